The summed E-state index contributed by atoms with van der Waals surface area (Å²) in [7, 11) is 0. The summed E-state index contributed by atoms with van der Waals surface area (Å²) in [5.74, 6) is 1.14. The van der Waals surface area contributed by atoms with E-state index in [-0.39, 0.29) is 5.91 Å². The third kappa shape index (κ3) is 4.29. The molecule has 4 aromatic rings. The van der Waals surface area contributed by atoms with E-state index >= 15 is 0 Å². The Balaban J connectivity index is 1.32. The number of H-pyrrole nitrogens is 1. The quantitative estimate of drug-likeness (QED) is 0.546. The Labute approximate surface area is 162 Å². The van der Waals surface area contributed by atoms with Gasteiger partial charge in [-0.05, 0) is 28.8 Å². The summed E-state index contributed by atoms with van der Waals surface area (Å²) >= 11 is 0. The molecule has 6 nitrogen and oxygen atoms in total. The molecule has 0 fully saturated rings. The molecule has 0 aliphatic rings. The summed E-state index contributed by atoms with van der Waals surface area (Å²) in [5, 5.41) is 9.90. The summed E-state index contributed by atoms with van der Waals surface area (Å²) in [6.07, 6.45) is 3.70. The second-order valence-electron chi connectivity index (χ2n) is 6.36. The Morgan fingerprint density at radius 3 is 2.32 bits per heavy atom. The molecule has 0 atom stereocenters. The minimum atomic E-state index is -0.0608. The van der Waals surface area contributed by atoms with Crippen LogP contribution in [0.1, 0.15) is 11.4 Å². The van der Waals surface area contributed by atoms with Crippen LogP contribution >= 0.6 is 0 Å². The van der Waals surface area contributed by atoms with E-state index < -0.39 is 0 Å². The Morgan fingerprint density at radius 1 is 0.857 bits per heavy atom. The molecule has 138 valence electrons. The number of benzene rings is 2. The molecule has 0 aliphatic carbocycles. The first kappa shape index (κ1) is 17.6. The van der Waals surface area contributed by atoms with E-state index in [1.54, 1.807) is 12.4 Å². The van der Waals surface area contributed by atoms with Gasteiger partial charge >= 0.3 is 0 Å². The molecule has 2 heterocycles. The average Bonchev–Trinajstić information content (AvgIpc) is 3.23. The Morgan fingerprint density at radius 2 is 1.57 bits per heavy atom. The van der Waals surface area contributed by atoms with Crippen LogP contribution in [0.3, 0.4) is 0 Å². The highest BCUT2D eigenvalue weighted by atomic mass is 16.1. The number of aromatic amines is 1. The van der Waals surface area contributed by atoms with Crippen molar-refractivity contribution in [2.75, 3.05) is 0 Å². The number of pyridine rings is 1. The molecule has 28 heavy (non-hydrogen) atoms. The molecule has 4 rings (SSSR count). The van der Waals surface area contributed by atoms with E-state index in [1.165, 1.54) is 0 Å². The van der Waals surface area contributed by atoms with E-state index in [2.05, 4.69) is 37.6 Å². The van der Waals surface area contributed by atoms with Crippen LogP contribution in [0.25, 0.3) is 22.5 Å². The highest BCUT2D eigenvalue weighted by molar-refractivity contribution is 5.78. The summed E-state index contributed by atoms with van der Waals surface area (Å²) in [4.78, 5) is 20.6. The molecule has 0 aliphatic heterocycles. The van der Waals surface area contributed by atoms with Crippen molar-refractivity contribution in [3.05, 3.63) is 90.5 Å². The molecular weight excluding hydrogens is 350 g/mol. The maximum atomic E-state index is 12.2. The molecule has 0 saturated carbocycles. The second kappa shape index (κ2) is 8.26. The van der Waals surface area contributed by atoms with Gasteiger partial charge in [0.2, 0.25) is 5.91 Å². The number of hydrogen-bond acceptors (Lipinski definition) is 4. The third-order valence-corrected chi connectivity index (χ3v) is 4.35. The van der Waals surface area contributed by atoms with Gasteiger partial charge in [-0.15, -0.1) is 0 Å². The van der Waals surface area contributed by atoms with Gasteiger partial charge in [0.05, 0.1) is 13.0 Å². The number of aromatic nitrogens is 4. The zero-order valence-electron chi connectivity index (χ0n) is 15.2. The fourth-order valence-corrected chi connectivity index (χ4v) is 2.88. The van der Waals surface area contributed by atoms with Crippen LogP contribution in [0.5, 0.6) is 0 Å². The molecular formula is C22H19N5O. The lowest BCUT2D eigenvalue weighted by molar-refractivity contribution is -0.120. The lowest BCUT2D eigenvalue weighted by Gasteiger charge is -2.05. The van der Waals surface area contributed by atoms with Crippen molar-refractivity contribution >= 4 is 5.91 Å². The maximum Gasteiger partial charge on any atom is 0.224 e. The average molecular weight is 369 g/mol. The fourth-order valence-electron chi connectivity index (χ4n) is 2.88. The molecule has 2 aromatic carbocycles. The number of carbonyl (C=O) groups excluding carboxylic acids is 1. The normalized spacial score (nSPS) is 10.6. The predicted molar refractivity (Wildman–Crippen MR) is 107 cm³/mol. The third-order valence-electron chi connectivity index (χ3n) is 4.35. The largest absolute Gasteiger partial charge is 0.349 e. The zero-order chi connectivity index (χ0) is 19.2. The van der Waals surface area contributed by atoms with Gasteiger partial charge in [0.15, 0.2) is 5.82 Å². The van der Waals surface area contributed by atoms with Crippen LogP contribution in [0.2, 0.25) is 0 Å². The number of rotatable bonds is 6. The lowest BCUT2D eigenvalue weighted by Crippen LogP contribution is -2.25. The first-order chi connectivity index (χ1) is 13.8. The number of nitrogens with zero attached hydrogens (tertiary/aromatic N) is 3. The van der Waals surface area contributed by atoms with Gasteiger partial charge in [0.1, 0.15) is 5.82 Å². The molecule has 6 heteroatoms. The van der Waals surface area contributed by atoms with Gasteiger partial charge in [-0.3, -0.25) is 14.9 Å². The Hall–Kier alpha value is -3.80. The molecule has 1 amide bonds. The van der Waals surface area contributed by atoms with Crippen LogP contribution in [-0.4, -0.2) is 26.1 Å². The van der Waals surface area contributed by atoms with Crippen LogP contribution < -0.4 is 5.32 Å². The molecule has 2 N–H and O–H groups in total. The topological polar surface area (TPSA) is 83.6 Å². The van der Waals surface area contributed by atoms with Gasteiger partial charge in [-0.2, -0.15) is 5.10 Å². The van der Waals surface area contributed by atoms with Gasteiger partial charge < -0.3 is 5.32 Å². The Kier molecular flexibility index (Phi) is 5.20. The zero-order valence-corrected chi connectivity index (χ0v) is 15.2. The summed E-state index contributed by atoms with van der Waals surface area (Å²) in [6, 6.07) is 21.9. The van der Waals surface area contributed by atoms with Gasteiger partial charge in [-0.1, -0.05) is 54.6 Å². The number of carbonyl (C=O) groups is 1. The highest BCUT2D eigenvalue weighted by Crippen LogP contribution is 2.19. The lowest BCUT2D eigenvalue weighted by atomic mass is 10.0. The van der Waals surface area contributed by atoms with E-state index in [4.69, 9.17) is 0 Å². The number of nitrogens with one attached hydrogen (secondary N) is 2. The monoisotopic (exact) mass is 369 g/mol. The number of amides is 1. The fraction of sp³-hybridized carbons (Fsp3) is 0.0909. The summed E-state index contributed by atoms with van der Waals surface area (Å²) in [5.41, 5.74) is 4.14. The van der Waals surface area contributed by atoms with E-state index in [1.807, 2.05) is 54.6 Å². The first-order valence-corrected chi connectivity index (χ1v) is 9.01. The van der Waals surface area contributed by atoms with Crippen molar-refractivity contribution in [2.24, 2.45) is 0 Å². The molecule has 0 radical (unpaired) electrons. The minimum Gasteiger partial charge on any atom is -0.349 e. The molecule has 2 aromatic heterocycles. The van der Waals surface area contributed by atoms with E-state index in [9.17, 15) is 4.79 Å². The number of hydrogen-bond donors (Lipinski definition) is 2. The van der Waals surface area contributed by atoms with Crippen LogP contribution in [0, 0.1) is 0 Å². The predicted octanol–water partition coefficient (Wildman–Crippen LogP) is 3.39. The summed E-state index contributed by atoms with van der Waals surface area (Å²) in [6.45, 7) is 0.305. The van der Waals surface area contributed by atoms with Gasteiger partial charge in [-0.25, -0.2) is 4.98 Å². The molecule has 0 spiro atoms. The molecule has 0 unspecified atom stereocenters. The van der Waals surface area contributed by atoms with E-state index in [0.29, 0.717) is 24.6 Å². The van der Waals surface area contributed by atoms with Crippen molar-refractivity contribution in [1.29, 1.82) is 0 Å². The van der Waals surface area contributed by atoms with E-state index in [0.717, 1.165) is 22.3 Å². The SMILES string of the molecule is O=C(Cc1ccc(-c2ccccc2)cc1)NCc1nc(-c2ccncc2)n[nH]1. The molecule has 0 saturated heterocycles. The first-order valence-electron chi connectivity index (χ1n) is 9.01. The van der Waals surface area contributed by atoms with Crippen molar-refractivity contribution in [1.82, 2.24) is 25.5 Å². The standard InChI is InChI=1S/C22H19N5O/c28-21(14-16-6-8-18(9-7-16)17-4-2-1-3-5-17)24-15-20-25-22(27-26-20)19-10-12-23-13-11-19/h1-13H,14-15H2,(H,24,28)(H,25,26,27). The van der Waals surface area contributed by atoms with Crippen molar-refractivity contribution in [3.63, 3.8) is 0 Å². The van der Waals surface area contributed by atoms with Gasteiger partial charge in [0.25, 0.3) is 0 Å². The Bertz CT molecular complexity index is 1040. The van der Waals surface area contributed by atoms with Crippen LogP contribution in [-0.2, 0) is 17.8 Å². The maximum absolute atomic E-state index is 12.2. The van der Waals surface area contributed by atoms with Crippen LogP contribution in [0.15, 0.2) is 79.1 Å². The van der Waals surface area contributed by atoms with Crippen LogP contribution in [0.4, 0.5) is 0 Å². The minimum absolute atomic E-state index is 0.0608. The highest BCUT2D eigenvalue weighted by Gasteiger charge is 2.08. The van der Waals surface area contributed by atoms with Crippen molar-refractivity contribution < 1.29 is 4.79 Å². The van der Waals surface area contributed by atoms with Crippen molar-refractivity contribution in [3.8, 4) is 22.5 Å². The summed E-state index contributed by atoms with van der Waals surface area (Å²) < 4.78 is 0. The van der Waals surface area contributed by atoms with Crippen molar-refractivity contribution in [2.45, 2.75) is 13.0 Å². The molecule has 0 bridgehead atoms. The van der Waals surface area contributed by atoms with Gasteiger partial charge in [0, 0.05) is 18.0 Å². The second-order valence-corrected chi connectivity index (χ2v) is 6.36. The smallest absolute Gasteiger partial charge is 0.224 e.